The highest BCUT2D eigenvalue weighted by molar-refractivity contribution is 5.81. The summed E-state index contributed by atoms with van der Waals surface area (Å²) in [4.78, 5) is 16.6. The van der Waals surface area contributed by atoms with E-state index >= 15 is 0 Å². The molecule has 1 N–H and O–H groups in total. The van der Waals surface area contributed by atoms with E-state index in [2.05, 4.69) is 0 Å². The first-order valence-electron chi connectivity index (χ1n) is 8.01. The van der Waals surface area contributed by atoms with Crippen molar-refractivity contribution in [2.24, 2.45) is 0 Å². The van der Waals surface area contributed by atoms with Crippen LogP contribution in [-0.4, -0.2) is 79.5 Å². The molecule has 1 aliphatic heterocycles. The fourth-order valence-electron chi connectivity index (χ4n) is 2.71. The molecule has 2 rings (SSSR count). The monoisotopic (exact) mass is 322 g/mol. The molecule has 128 valence electrons. The van der Waals surface area contributed by atoms with E-state index in [-0.39, 0.29) is 18.6 Å². The quantitative estimate of drug-likeness (QED) is 0.797. The number of hydrogen-bond acceptors (Lipinski definition) is 5. The lowest BCUT2D eigenvalue weighted by molar-refractivity contribution is -0.147. The lowest BCUT2D eigenvalue weighted by atomic mass is 10.2. The molecule has 0 radical (unpaired) electrons. The van der Waals surface area contributed by atoms with Gasteiger partial charge in [-0.25, -0.2) is 0 Å². The van der Waals surface area contributed by atoms with Crippen LogP contribution in [-0.2, 0) is 9.53 Å². The summed E-state index contributed by atoms with van der Waals surface area (Å²) in [6, 6.07) is 9.34. The highest BCUT2D eigenvalue weighted by atomic mass is 16.5. The van der Waals surface area contributed by atoms with Crippen LogP contribution in [0.15, 0.2) is 30.3 Å². The number of likely N-dealkylation sites (N-methyl/N-ethyl adjacent to an activating group) is 1. The van der Waals surface area contributed by atoms with E-state index in [1.54, 1.807) is 6.92 Å². The number of carbonyl (C=O) groups is 1. The van der Waals surface area contributed by atoms with Crippen molar-refractivity contribution >= 4 is 5.91 Å². The minimum absolute atomic E-state index is 0.0189. The second kappa shape index (κ2) is 8.86. The third-order valence-corrected chi connectivity index (χ3v) is 3.92. The van der Waals surface area contributed by atoms with Crippen molar-refractivity contribution in [2.75, 3.05) is 46.5 Å². The molecular formula is C17H26N2O4. The Bertz CT molecular complexity index is 483. The lowest BCUT2D eigenvalue weighted by Crippen LogP contribution is -2.56. The highest BCUT2D eigenvalue weighted by Crippen LogP contribution is 2.15. The molecule has 1 heterocycles. The van der Waals surface area contributed by atoms with Crippen LogP contribution in [0.4, 0.5) is 0 Å². The molecule has 1 aromatic rings. The van der Waals surface area contributed by atoms with E-state index < -0.39 is 6.10 Å². The Balaban J connectivity index is 1.96. The predicted molar refractivity (Wildman–Crippen MR) is 87.4 cm³/mol. The fraction of sp³-hybridized carbons (Fsp3) is 0.588. The normalized spacial score (nSPS) is 19.7. The minimum atomic E-state index is -0.541. The number of para-hydroxylation sites is 1. The molecule has 0 unspecified atom stereocenters. The molecule has 0 saturated carbocycles. The molecule has 2 atom stereocenters. The fourth-order valence-corrected chi connectivity index (χ4v) is 2.71. The topological polar surface area (TPSA) is 62.2 Å². The number of carbonyl (C=O) groups excluding carboxylic acids is 1. The van der Waals surface area contributed by atoms with Gasteiger partial charge in [0.15, 0.2) is 6.10 Å². The molecule has 0 aromatic heterocycles. The summed E-state index contributed by atoms with van der Waals surface area (Å²) >= 11 is 0. The van der Waals surface area contributed by atoms with Crippen LogP contribution in [0.1, 0.15) is 6.92 Å². The van der Waals surface area contributed by atoms with E-state index in [4.69, 9.17) is 14.6 Å². The second-order valence-corrected chi connectivity index (χ2v) is 5.82. The Kier molecular flexibility index (Phi) is 6.83. The Morgan fingerprint density at radius 1 is 1.48 bits per heavy atom. The largest absolute Gasteiger partial charge is 0.481 e. The third kappa shape index (κ3) is 5.20. The van der Waals surface area contributed by atoms with Crippen molar-refractivity contribution in [3.63, 3.8) is 0 Å². The molecule has 1 aromatic carbocycles. The number of ether oxygens (including phenoxy) is 2. The van der Waals surface area contributed by atoms with E-state index in [0.717, 1.165) is 0 Å². The van der Waals surface area contributed by atoms with Crippen molar-refractivity contribution < 1.29 is 19.4 Å². The molecule has 1 fully saturated rings. The van der Waals surface area contributed by atoms with E-state index in [1.807, 2.05) is 47.2 Å². The van der Waals surface area contributed by atoms with E-state index in [9.17, 15) is 4.79 Å². The van der Waals surface area contributed by atoms with Gasteiger partial charge < -0.3 is 24.4 Å². The Morgan fingerprint density at radius 3 is 2.91 bits per heavy atom. The lowest BCUT2D eigenvalue weighted by Gasteiger charge is -2.38. The van der Waals surface area contributed by atoms with Gasteiger partial charge >= 0.3 is 0 Å². The van der Waals surface area contributed by atoms with Crippen LogP contribution in [0.25, 0.3) is 0 Å². The first-order chi connectivity index (χ1) is 11.1. The zero-order valence-electron chi connectivity index (χ0n) is 13.9. The summed E-state index contributed by atoms with van der Waals surface area (Å²) in [5, 5.41) is 9.02. The van der Waals surface area contributed by atoms with Crippen LogP contribution in [0.2, 0.25) is 0 Å². The number of amides is 1. The van der Waals surface area contributed by atoms with Gasteiger partial charge in [0.25, 0.3) is 5.91 Å². The summed E-state index contributed by atoms with van der Waals surface area (Å²) in [5.41, 5.74) is 0. The molecule has 23 heavy (non-hydrogen) atoms. The molecule has 1 saturated heterocycles. The molecule has 6 heteroatoms. The van der Waals surface area contributed by atoms with Gasteiger partial charge in [-0.1, -0.05) is 18.2 Å². The Hall–Kier alpha value is -1.63. The molecule has 0 bridgehead atoms. The van der Waals surface area contributed by atoms with Gasteiger partial charge in [-0.3, -0.25) is 4.79 Å². The molecule has 0 spiro atoms. The van der Waals surface area contributed by atoms with Crippen molar-refractivity contribution in [1.82, 2.24) is 9.80 Å². The van der Waals surface area contributed by atoms with Gasteiger partial charge in [0.2, 0.25) is 0 Å². The molecule has 1 aliphatic rings. The summed E-state index contributed by atoms with van der Waals surface area (Å²) in [6.45, 7) is 4.76. The second-order valence-electron chi connectivity index (χ2n) is 5.82. The minimum Gasteiger partial charge on any atom is -0.481 e. The molecule has 1 amide bonds. The van der Waals surface area contributed by atoms with Gasteiger partial charge in [0, 0.05) is 19.6 Å². The number of hydrogen-bond donors (Lipinski definition) is 1. The molecular weight excluding hydrogens is 296 g/mol. The molecule has 6 nitrogen and oxygen atoms in total. The number of aliphatic hydroxyl groups excluding tert-OH is 1. The summed E-state index contributed by atoms with van der Waals surface area (Å²) in [6.07, 6.45) is -0.541. The average Bonchev–Trinajstić information content (AvgIpc) is 2.56. The maximum Gasteiger partial charge on any atom is 0.263 e. The van der Waals surface area contributed by atoms with Gasteiger partial charge in [-0.05, 0) is 26.1 Å². The first-order valence-corrected chi connectivity index (χ1v) is 8.01. The van der Waals surface area contributed by atoms with Crippen molar-refractivity contribution in [2.45, 2.75) is 19.1 Å². The smallest absolute Gasteiger partial charge is 0.263 e. The van der Waals surface area contributed by atoms with Crippen LogP contribution in [0, 0.1) is 0 Å². The zero-order valence-corrected chi connectivity index (χ0v) is 13.9. The van der Waals surface area contributed by atoms with Gasteiger partial charge in [0.05, 0.1) is 25.9 Å². The van der Waals surface area contributed by atoms with Crippen LogP contribution in [0.5, 0.6) is 5.75 Å². The maximum absolute atomic E-state index is 12.7. The third-order valence-electron chi connectivity index (χ3n) is 3.92. The van der Waals surface area contributed by atoms with E-state index in [1.165, 1.54) is 0 Å². The number of morpholine rings is 1. The summed E-state index contributed by atoms with van der Waals surface area (Å²) < 4.78 is 11.3. The predicted octanol–water partition coefficient (Wildman–Crippen LogP) is 0.605. The van der Waals surface area contributed by atoms with Crippen LogP contribution >= 0.6 is 0 Å². The van der Waals surface area contributed by atoms with Gasteiger partial charge in [0.1, 0.15) is 5.75 Å². The van der Waals surface area contributed by atoms with Crippen LogP contribution in [0.3, 0.4) is 0 Å². The number of aliphatic hydroxyl groups is 1. The standard InChI is InChI=1S/C17H26N2O4/c1-14(23-16-6-4-3-5-7-16)17(21)19-9-11-22-13-15(19)12-18(2)8-10-20/h3-7,14-15,20H,8-13H2,1-2H3/t14-,15-/m0/s1. The van der Waals surface area contributed by atoms with Gasteiger partial charge in [-0.15, -0.1) is 0 Å². The van der Waals surface area contributed by atoms with Crippen molar-refractivity contribution in [1.29, 1.82) is 0 Å². The number of benzene rings is 1. The Morgan fingerprint density at radius 2 is 2.22 bits per heavy atom. The average molecular weight is 322 g/mol. The zero-order chi connectivity index (χ0) is 16.7. The highest BCUT2D eigenvalue weighted by Gasteiger charge is 2.31. The number of nitrogens with zero attached hydrogens (tertiary/aromatic N) is 2. The molecule has 0 aliphatic carbocycles. The maximum atomic E-state index is 12.7. The van der Waals surface area contributed by atoms with Crippen molar-refractivity contribution in [3.8, 4) is 5.75 Å². The summed E-state index contributed by atoms with van der Waals surface area (Å²) in [7, 11) is 1.93. The van der Waals surface area contributed by atoms with Crippen molar-refractivity contribution in [3.05, 3.63) is 30.3 Å². The van der Waals surface area contributed by atoms with Crippen LogP contribution < -0.4 is 4.74 Å². The first kappa shape index (κ1) is 17.7. The summed E-state index contributed by atoms with van der Waals surface area (Å²) in [5.74, 6) is 0.662. The van der Waals surface area contributed by atoms with E-state index in [0.29, 0.717) is 38.6 Å². The van der Waals surface area contributed by atoms with Gasteiger partial charge in [-0.2, -0.15) is 0 Å². The Labute approximate surface area is 137 Å². The SMILES string of the molecule is C[C@H](Oc1ccccc1)C(=O)N1CCOC[C@@H]1CN(C)CCO. The number of rotatable bonds is 7.